The highest BCUT2D eigenvalue weighted by Gasteiger charge is 2.26. The fourth-order valence-electron chi connectivity index (χ4n) is 3.08. The number of aryl methyl sites for hydroxylation is 2. The molecule has 0 bridgehead atoms. The van der Waals surface area contributed by atoms with Gasteiger partial charge in [-0.2, -0.15) is 0 Å². The average Bonchev–Trinajstić information content (AvgIpc) is 2.70. The Labute approximate surface area is 130 Å². The van der Waals surface area contributed by atoms with Gasteiger partial charge in [0.05, 0.1) is 18.3 Å². The van der Waals surface area contributed by atoms with Crippen molar-refractivity contribution in [2.24, 2.45) is 5.73 Å². The Morgan fingerprint density at radius 1 is 1.33 bits per heavy atom. The molecule has 0 aliphatic carbocycles. The third kappa shape index (κ3) is 2.78. The lowest BCUT2D eigenvalue weighted by molar-refractivity contribution is 0.322. The van der Waals surface area contributed by atoms with Crippen LogP contribution in [0, 0.1) is 13.8 Å². The molecule has 0 saturated carbocycles. The topological polar surface area (TPSA) is 38.5 Å². The molecule has 0 radical (unpaired) electrons. The Morgan fingerprint density at radius 3 is 2.86 bits per heavy atom. The van der Waals surface area contributed by atoms with E-state index in [1.807, 2.05) is 23.5 Å². The van der Waals surface area contributed by atoms with E-state index in [0.717, 1.165) is 31.0 Å². The molecule has 21 heavy (non-hydrogen) atoms. The lowest BCUT2D eigenvalue weighted by atomic mass is 10.0. The summed E-state index contributed by atoms with van der Waals surface area (Å²) >= 11 is 1.85. The lowest BCUT2D eigenvalue weighted by Crippen LogP contribution is -2.34. The van der Waals surface area contributed by atoms with Crippen molar-refractivity contribution in [1.29, 1.82) is 0 Å². The summed E-state index contributed by atoms with van der Waals surface area (Å²) in [6, 6.07) is 10.8. The maximum atomic E-state index is 6.14. The Hall–Kier alpha value is -1.52. The average molecular weight is 302 g/mol. The van der Waals surface area contributed by atoms with Crippen LogP contribution in [0.15, 0.2) is 30.3 Å². The Morgan fingerprint density at radius 2 is 2.14 bits per heavy atom. The van der Waals surface area contributed by atoms with Gasteiger partial charge in [-0.25, -0.2) is 0 Å². The van der Waals surface area contributed by atoms with Gasteiger partial charge in [-0.3, -0.25) is 0 Å². The summed E-state index contributed by atoms with van der Waals surface area (Å²) in [4.78, 5) is 5.13. The van der Waals surface area contributed by atoms with Crippen molar-refractivity contribution in [3.8, 4) is 5.75 Å². The van der Waals surface area contributed by atoms with E-state index in [9.17, 15) is 0 Å². The van der Waals surface area contributed by atoms with Crippen LogP contribution in [0.3, 0.4) is 0 Å². The van der Waals surface area contributed by atoms with Gasteiger partial charge < -0.3 is 15.4 Å². The van der Waals surface area contributed by atoms with Crippen LogP contribution in [-0.2, 0) is 0 Å². The van der Waals surface area contributed by atoms with E-state index >= 15 is 0 Å². The number of benzene rings is 1. The predicted octanol–water partition coefficient (Wildman–Crippen LogP) is 3.65. The van der Waals surface area contributed by atoms with Gasteiger partial charge in [-0.1, -0.05) is 12.1 Å². The standard InChI is InChI=1S/C17H22N2OS/c1-12-10-14(13(2)21-12)16(11-18)19-8-5-9-20-17-7-4-3-6-15(17)19/h3-4,6-7,10,16H,5,8-9,11,18H2,1-2H3. The van der Waals surface area contributed by atoms with Crippen molar-refractivity contribution >= 4 is 17.0 Å². The van der Waals surface area contributed by atoms with Crippen molar-refractivity contribution in [3.63, 3.8) is 0 Å². The van der Waals surface area contributed by atoms with E-state index < -0.39 is 0 Å². The van der Waals surface area contributed by atoms with Crippen LogP contribution in [0.2, 0.25) is 0 Å². The molecule has 2 aromatic rings. The van der Waals surface area contributed by atoms with Gasteiger partial charge in [0.1, 0.15) is 5.75 Å². The quantitative estimate of drug-likeness (QED) is 0.940. The summed E-state index contributed by atoms with van der Waals surface area (Å²) in [5.74, 6) is 0.970. The first-order chi connectivity index (χ1) is 10.2. The zero-order valence-electron chi connectivity index (χ0n) is 12.6. The molecule has 0 spiro atoms. The van der Waals surface area contributed by atoms with Crippen molar-refractivity contribution in [3.05, 3.63) is 45.6 Å². The van der Waals surface area contributed by atoms with Gasteiger partial charge in [-0.05, 0) is 44.0 Å². The fourth-order valence-corrected chi connectivity index (χ4v) is 4.06. The number of nitrogens with zero attached hydrogens (tertiary/aromatic N) is 1. The molecule has 1 aromatic heterocycles. The van der Waals surface area contributed by atoms with Gasteiger partial charge in [0.15, 0.2) is 0 Å². The fraction of sp³-hybridized carbons (Fsp3) is 0.412. The third-order valence-electron chi connectivity index (χ3n) is 4.01. The second-order valence-electron chi connectivity index (χ2n) is 5.48. The number of rotatable bonds is 3. The molecule has 1 aliphatic heterocycles. The maximum absolute atomic E-state index is 6.14. The van der Waals surface area contributed by atoms with Crippen molar-refractivity contribution in [2.75, 3.05) is 24.6 Å². The van der Waals surface area contributed by atoms with Gasteiger partial charge in [0.25, 0.3) is 0 Å². The monoisotopic (exact) mass is 302 g/mol. The van der Waals surface area contributed by atoms with Crippen LogP contribution in [-0.4, -0.2) is 19.7 Å². The lowest BCUT2D eigenvalue weighted by Gasteiger charge is -2.32. The summed E-state index contributed by atoms with van der Waals surface area (Å²) in [6.45, 7) is 6.72. The molecular formula is C17H22N2OS. The second-order valence-corrected chi connectivity index (χ2v) is 6.94. The molecule has 1 aromatic carbocycles. The number of anilines is 1. The van der Waals surface area contributed by atoms with E-state index in [1.54, 1.807) is 0 Å². The highest BCUT2D eigenvalue weighted by molar-refractivity contribution is 7.12. The van der Waals surface area contributed by atoms with Gasteiger partial charge in [0.2, 0.25) is 0 Å². The molecule has 3 nitrogen and oxygen atoms in total. The number of nitrogens with two attached hydrogens (primary N) is 1. The summed E-state index contributed by atoms with van der Waals surface area (Å²) in [6.07, 6.45) is 1.02. The predicted molar refractivity (Wildman–Crippen MR) is 89.5 cm³/mol. The van der Waals surface area contributed by atoms with Gasteiger partial charge >= 0.3 is 0 Å². The van der Waals surface area contributed by atoms with Crippen LogP contribution in [0.5, 0.6) is 5.75 Å². The van der Waals surface area contributed by atoms with Gasteiger partial charge in [0, 0.05) is 22.8 Å². The van der Waals surface area contributed by atoms with E-state index in [-0.39, 0.29) is 6.04 Å². The Kier molecular flexibility index (Phi) is 4.17. The van der Waals surface area contributed by atoms with Crippen molar-refractivity contribution in [2.45, 2.75) is 26.3 Å². The molecule has 4 heteroatoms. The van der Waals surface area contributed by atoms with Crippen molar-refractivity contribution < 1.29 is 4.74 Å². The van der Waals surface area contributed by atoms with Crippen LogP contribution >= 0.6 is 11.3 Å². The molecule has 1 unspecified atom stereocenters. The minimum atomic E-state index is 0.220. The summed E-state index contributed by atoms with van der Waals surface area (Å²) in [5.41, 5.74) is 8.66. The third-order valence-corrected chi connectivity index (χ3v) is 5.00. The molecule has 3 rings (SSSR count). The summed E-state index contributed by atoms with van der Waals surface area (Å²) in [5, 5.41) is 0. The molecule has 112 valence electrons. The number of hydrogen-bond acceptors (Lipinski definition) is 4. The number of thiophene rings is 1. The number of hydrogen-bond donors (Lipinski definition) is 1. The Balaban J connectivity index is 2.02. The number of para-hydroxylation sites is 2. The first-order valence-corrected chi connectivity index (χ1v) is 8.28. The largest absolute Gasteiger partial charge is 0.491 e. The molecule has 1 atom stereocenters. The SMILES string of the molecule is Cc1cc(C(CN)N2CCCOc3ccccc32)c(C)s1. The zero-order valence-corrected chi connectivity index (χ0v) is 13.5. The van der Waals surface area contributed by atoms with Gasteiger partial charge in [-0.15, -0.1) is 11.3 Å². The highest BCUT2D eigenvalue weighted by Crippen LogP contribution is 2.38. The minimum absolute atomic E-state index is 0.220. The maximum Gasteiger partial charge on any atom is 0.142 e. The van der Waals surface area contributed by atoms with Crippen LogP contribution in [0.4, 0.5) is 5.69 Å². The first-order valence-electron chi connectivity index (χ1n) is 7.46. The minimum Gasteiger partial charge on any atom is -0.491 e. The normalized spacial score (nSPS) is 16.0. The van der Waals surface area contributed by atoms with Crippen LogP contribution in [0.25, 0.3) is 0 Å². The molecular weight excluding hydrogens is 280 g/mol. The summed E-state index contributed by atoms with van der Waals surface area (Å²) < 4.78 is 5.86. The first kappa shape index (κ1) is 14.4. The number of ether oxygens (including phenoxy) is 1. The molecule has 2 N–H and O–H groups in total. The molecule has 0 fully saturated rings. The van der Waals surface area contributed by atoms with Crippen LogP contribution < -0.4 is 15.4 Å². The van der Waals surface area contributed by atoms with E-state index in [2.05, 4.69) is 36.9 Å². The highest BCUT2D eigenvalue weighted by atomic mass is 32.1. The van der Waals surface area contributed by atoms with E-state index in [1.165, 1.54) is 15.3 Å². The second kappa shape index (κ2) is 6.08. The zero-order chi connectivity index (χ0) is 14.8. The molecule has 0 amide bonds. The molecule has 2 heterocycles. The van der Waals surface area contributed by atoms with E-state index in [4.69, 9.17) is 10.5 Å². The molecule has 0 saturated heterocycles. The van der Waals surface area contributed by atoms with Crippen LogP contribution in [0.1, 0.15) is 27.8 Å². The Bertz CT molecular complexity index is 623. The molecule has 1 aliphatic rings. The summed E-state index contributed by atoms with van der Waals surface area (Å²) in [7, 11) is 0. The van der Waals surface area contributed by atoms with Crippen molar-refractivity contribution in [1.82, 2.24) is 0 Å². The smallest absolute Gasteiger partial charge is 0.142 e. The number of fused-ring (bicyclic) bond motifs is 1. The van der Waals surface area contributed by atoms with E-state index in [0.29, 0.717) is 6.54 Å².